The number of ether oxygens (including phenoxy) is 1. The van der Waals surface area contributed by atoms with E-state index in [1.54, 1.807) is 4.90 Å². The van der Waals surface area contributed by atoms with Crippen LogP contribution in [-0.2, 0) is 4.79 Å². The number of nitrogens with zero attached hydrogens (tertiary/aromatic N) is 7. The quantitative estimate of drug-likeness (QED) is 0.227. The van der Waals surface area contributed by atoms with Gasteiger partial charge in [-0.05, 0) is 74.9 Å². The highest BCUT2D eigenvalue weighted by Gasteiger charge is 2.49. The molecule has 2 aromatic carbocycles. The van der Waals surface area contributed by atoms with Crippen LogP contribution in [0.3, 0.4) is 0 Å². The maximum Gasteiger partial charge on any atom is 0.319 e. The third-order valence-electron chi connectivity index (χ3n) is 10.8. The molecule has 4 aromatic rings. The molecule has 8 rings (SSSR count). The second kappa shape index (κ2) is 11.7. The fraction of sp³-hybridized carbons (Fsp3) is 0.378. The SMILES string of the molecule is C#Cc1c(F)ccc2cc(O)cc(-c3ncc4c(N5C[C@@H]6C[C@@H](C#N)[C@H](C5)N6C(=O)C=C)nc(OCC56CCCN5CCC6)nc4c3F)c12. The largest absolute Gasteiger partial charge is 0.508 e. The maximum atomic E-state index is 17.0. The van der Waals surface area contributed by atoms with Gasteiger partial charge in [-0.2, -0.15) is 15.2 Å². The fourth-order valence-electron chi connectivity index (χ4n) is 8.65. The molecule has 10 nitrogen and oxygen atoms in total. The van der Waals surface area contributed by atoms with Crippen molar-refractivity contribution in [3.63, 3.8) is 0 Å². The van der Waals surface area contributed by atoms with Crippen molar-refractivity contribution in [2.45, 2.75) is 49.7 Å². The molecule has 0 aliphatic carbocycles. The number of amides is 1. The van der Waals surface area contributed by atoms with Gasteiger partial charge in [0.1, 0.15) is 35.2 Å². The van der Waals surface area contributed by atoms with E-state index in [0.29, 0.717) is 36.2 Å². The zero-order valence-electron chi connectivity index (χ0n) is 26.7. The van der Waals surface area contributed by atoms with Crippen LogP contribution in [0.5, 0.6) is 11.8 Å². The number of benzene rings is 2. The number of carbonyl (C=O) groups is 1. The number of aromatic nitrogens is 3. The van der Waals surface area contributed by atoms with Gasteiger partial charge in [-0.1, -0.05) is 18.6 Å². The van der Waals surface area contributed by atoms with Crippen LogP contribution in [0.25, 0.3) is 32.9 Å². The molecule has 0 radical (unpaired) electrons. The molecular formula is C37H33F2N7O3. The molecule has 4 saturated heterocycles. The molecule has 49 heavy (non-hydrogen) atoms. The van der Waals surface area contributed by atoms with Gasteiger partial charge < -0.3 is 19.6 Å². The number of nitriles is 1. The Hall–Kier alpha value is -5.33. The number of fused-ring (bicyclic) bond motifs is 5. The summed E-state index contributed by atoms with van der Waals surface area (Å²) in [5, 5.41) is 21.5. The molecule has 1 amide bonds. The Morgan fingerprint density at radius 3 is 2.73 bits per heavy atom. The average Bonchev–Trinajstić information content (AvgIpc) is 3.75. The summed E-state index contributed by atoms with van der Waals surface area (Å²) in [5.74, 6) is 0.477. The van der Waals surface area contributed by atoms with Gasteiger partial charge in [0.15, 0.2) is 5.82 Å². The molecule has 4 fully saturated rings. The first kappa shape index (κ1) is 31.0. The number of terminal acetylenes is 1. The van der Waals surface area contributed by atoms with E-state index in [1.807, 2.05) is 4.90 Å². The summed E-state index contributed by atoms with van der Waals surface area (Å²) in [5.41, 5.74) is -0.323. The van der Waals surface area contributed by atoms with Crippen LogP contribution in [0.2, 0.25) is 0 Å². The Balaban J connectivity index is 1.27. The standard InChI is InChI=1S/C37H33F2N7O3/c1-3-25-28(38)8-7-21-14-24(47)15-26(31(21)25)33-32(39)34-27(17-41-33)35(43-36(42-34)49-20-37-9-5-11-45(37)12-6-10-37)44-18-23-13-22(16-40)29(19-44)46(23)30(48)4-2/h1,4,7-8,14-15,17,22-23,29,47H,2,5-6,9-13,18-20H2/t22-,23-,29-/m0/s1. The van der Waals surface area contributed by atoms with Crippen LogP contribution in [0.1, 0.15) is 37.7 Å². The Labute approximate surface area is 281 Å². The van der Waals surface area contributed by atoms with Crippen LogP contribution in [0.4, 0.5) is 14.6 Å². The summed E-state index contributed by atoms with van der Waals surface area (Å²) < 4.78 is 38.2. The summed E-state index contributed by atoms with van der Waals surface area (Å²) in [7, 11) is 0. The zero-order valence-corrected chi connectivity index (χ0v) is 26.7. The van der Waals surface area contributed by atoms with E-state index in [4.69, 9.17) is 16.1 Å². The van der Waals surface area contributed by atoms with Crippen LogP contribution in [0, 0.1) is 41.2 Å². The van der Waals surface area contributed by atoms with Crippen molar-refractivity contribution in [1.29, 1.82) is 5.26 Å². The van der Waals surface area contributed by atoms with E-state index < -0.39 is 17.7 Å². The number of piperazine rings is 1. The summed E-state index contributed by atoms with van der Waals surface area (Å²) in [6.45, 7) is 6.64. The number of phenols is 1. The smallest absolute Gasteiger partial charge is 0.319 e. The van der Waals surface area contributed by atoms with Crippen molar-refractivity contribution >= 4 is 33.4 Å². The van der Waals surface area contributed by atoms with Crippen molar-refractivity contribution in [2.24, 2.45) is 5.92 Å². The lowest BCUT2D eigenvalue weighted by molar-refractivity contribution is -0.129. The van der Waals surface area contributed by atoms with Gasteiger partial charge in [-0.15, -0.1) is 6.42 Å². The first-order chi connectivity index (χ1) is 23.7. The monoisotopic (exact) mass is 661 g/mol. The number of phenolic OH excluding ortho intramolecular Hbond substituents is 1. The van der Waals surface area contributed by atoms with E-state index in [9.17, 15) is 19.6 Å². The molecule has 248 valence electrons. The van der Waals surface area contributed by atoms with Gasteiger partial charge in [0.05, 0.1) is 40.6 Å². The molecule has 0 unspecified atom stereocenters. The number of pyridine rings is 1. The van der Waals surface area contributed by atoms with Crippen LogP contribution in [0.15, 0.2) is 43.1 Å². The number of hydrogen-bond donors (Lipinski definition) is 1. The maximum absolute atomic E-state index is 17.0. The molecule has 6 heterocycles. The molecule has 4 aliphatic rings. The van der Waals surface area contributed by atoms with Gasteiger partial charge in [0, 0.05) is 30.2 Å². The number of halogens is 2. The van der Waals surface area contributed by atoms with Crippen molar-refractivity contribution in [3.8, 4) is 41.4 Å². The summed E-state index contributed by atoms with van der Waals surface area (Å²) in [6.07, 6.45) is 13.0. The number of rotatable bonds is 6. The highest BCUT2D eigenvalue weighted by atomic mass is 19.1. The Morgan fingerprint density at radius 2 is 2.00 bits per heavy atom. The van der Waals surface area contributed by atoms with Crippen LogP contribution >= 0.6 is 0 Å². The first-order valence-electron chi connectivity index (χ1n) is 16.5. The molecule has 0 spiro atoms. The molecule has 2 bridgehead atoms. The van der Waals surface area contributed by atoms with Crippen LogP contribution in [-0.4, -0.2) is 86.2 Å². The van der Waals surface area contributed by atoms with E-state index in [2.05, 4.69) is 33.4 Å². The lowest BCUT2D eigenvalue weighted by Gasteiger charge is -2.41. The van der Waals surface area contributed by atoms with Gasteiger partial charge in [-0.25, -0.2) is 8.78 Å². The minimum atomic E-state index is -0.815. The Kier molecular flexibility index (Phi) is 7.38. The molecule has 3 atom stereocenters. The Bertz CT molecular complexity index is 2130. The Morgan fingerprint density at radius 1 is 1.20 bits per heavy atom. The minimum Gasteiger partial charge on any atom is -0.508 e. The van der Waals surface area contributed by atoms with Gasteiger partial charge in [0.2, 0.25) is 5.91 Å². The van der Waals surface area contributed by atoms with Crippen molar-refractivity contribution < 1.29 is 23.4 Å². The summed E-state index contributed by atoms with van der Waals surface area (Å²) in [6, 6.07) is 7.07. The van der Waals surface area contributed by atoms with E-state index in [-0.39, 0.29) is 69.4 Å². The number of carbonyl (C=O) groups excluding carboxylic acids is 1. The molecule has 2 aromatic heterocycles. The first-order valence-corrected chi connectivity index (χ1v) is 16.5. The van der Waals surface area contributed by atoms with E-state index in [1.165, 1.54) is 36.5 Å². The highest BCUT2D eigenvalue weighted by molar-refractivity contribution is 6.03. The topological polar surface area (TPSA) is 119 Å². The van der Waals surface area contributed by atoms with Crippen molar-refractivity contribution in [2.75, 3.05) is 37.7 Å². The number of hydrogen-bond acceptors (Lipinski definition) is 9. The molecular weight excluding hydrogens is 628 g/mol. The fourth-order valence-corrected chi connectivity index (χ4v) is 8.65. The molecule has 4 aliphatic heterocycles. The lowest BCUT2D eigenvalue weighted by atomic mass is 9.95. The summed E-state index contributed by atoms with van der Waals surface area (Å²) in [4.78, 5) is 32.8. The normalized spacial score (nSPS) is 22.7. The molecule has 12 heteroatoms. The number of anilines is 1. The van der Waals surface area contributed by atoms with E-state index >= 15 is 4.39 Å². The summed E-state index contributed by atoms with van der Waals surface area (Å²) >= 11 is 0. The van der Waals surface area contributed by atoms with Crippen molar-refractivity contribution in [1.82, 2.24) is 24.8 Å². The number of aromatic hydroxyl groups is 1. The van der Waals surface area contributed by atoms with Gasteiger partial charge in [-0.3, -0.25) is 14.7 Å². The average molecular weight is 662 g/mol. The molecule has 0 saturated carbocycles. The predicted molar refractivity (Wildman–Crippen MR) is 179 cm³/mol. The van der Waals surface area contributed by atoms with Crippen molar-refractivity contribution in [3.05, 3.63) is 60.3 Å². The second-order valence-corrected chi connectivity index (χ2v) is 13.4. The molecule has 1 N–H and O–H groups in total. The van der Waals surface area contributed by atoms with Gasteiger partial charge >= 0.3 is 6.01 Å². The lowest BCUT2D eigenvalue weighted by Crippen LogP contribution is -2.56. The van der Waals surface area contributed by atoms with E-state index in [0.717, 1.165) is 38.8 Å². The highest BCUT2D eigenvalue weighted by Crippen LogP contribution is 2.42. The zero-order chi connectivity index (χ0) is 34.0. The second-order valence-electron chi connectivity index (χ2n) is 13.4. The minimum absolute atomic E-state index is 0.00317. The third kappa shape index (κ3) is 4.85. The third-order valence-corrected chi connectivity index (χ3v) is 10.8. The van der Waals surface area contributed by atoms with Gasteiger partial charge in [0.25, 0.3) is 0 Å². The van der Waals surface area contributed by atoms with Crippen LogP contribution < -0.4 is 9.64 Å². The predicted octanol–water partition coefficient (Wildman–Crippen LogP) is 4.93.